The van der Waals surface area contributed by atoms with E-state index < -0.39 is 14.9 Å². The van der Waals surface area contributed by atoms with Gasteiger partial charge in [0, 0.05) is 36.8 Å². The van der Waals surface area contributed by atoms with Crippen LogP contribution in [-0.2, 0) is 14.8 Å². The first-order valence-corrected chi connectivity index (χ1v) is 10.8. The number of anilines is 1. The molecule has 1 fully saturated rings. The van der Waals surface area contributed by atoms with E-state index in [0.717, 1.165) is 17.7 Å². The molecule has 1 aliphatic rings. The maximum Gasteiger partial charge on any atom is 0.270 e. The van der Waals surface area contributed by atoms with Gasteiger partial charge in [0.15, 0.2) is 0 Å². The average Bonchev–Trinajstić information content (AvgIpc) is 2.69. The summed E-state index contributed by atoms with van der Waals surface area (Å²) in [4.78, 5) is 22.5. The lowest BCUT2D eigenvalue weighted by molar-refractivity contribution is -0.385. The highest BCUT2D eigenvalue weighted by Gasteiger charge is 2.34. The Labute approximate surface area is 173 Å². The van der Waals surface area contributed by atoms with Gasteiger partial charge in [0.05, 0.1) is 9.95 Å². The molecule has 29 heavy (non-hydrogen) atoms. The van der Waals surface area contributed by atoms with Gasteiger partial charge >= 0.3 is 0 Å². The molecule has 0 aliphatic carbocycles. The Morgan fingerprint density at radius 3 is 2.38 bits per heavy atom. The summed E-state index contributed by atoms with van der Waals surface area (Å²) in [6, 6.07) is 10.8. The monoisotopic (exact) mass is 437 g/mol. The minimum absolute atomic E-state index is 0.0742. The summed E-state index contributed by atoms with van der Waals surface area (Å²) in [5, 5.41) is 13.7. The predicted octanol–water partition coefficient (Wildman–Crippen LogP) is 3.60. The Balaban J connectivity index is 1.68. The zero-order chi connectivity index (χ0) is 21.2. The summed E-state index contributed by atoms with van der Waals surface area (Å²) in [5.41, 5.74) is 1.43. The van der Waals surface area contributed by atoms with Gasteiger partial charge in [-0.25, -0.2) is 8.42 Å². The number of nitrogens with one attached hydrogen (secondary N) is 1. The largest absolute Gasteiger partial charge is 0.326 e. The Bertz CT molecular complexity index is 1030. The van der Waals surface area contributed by atoms with Crippen molar-refractivity contribution in [1.82, 2.24) is 4.31 Å². The first-order chi connectivity index (χ1) is 13.7. The van der Waals surface area contributed by atoms with E-state index in [4.69, 9.17) is 11.6 Å². The Hall–Kier alpha value is -2.49. The molecule has 1 heterocycles. The number of hydrogen-bond donors (Lipinski definition) is 1. The van der Waals surface area contributed by atoms with Crippen LogP contribution in [-0.4, -0.2) is 36.6 Å². The third-order valence-electron chi connectivity index (χ3n) is 4.89. The van der Waals surface area contributed by atoms with Gasteiger partial charge in [-0.3, -0.25) is 14.9 Å². The second-order valence-electron chi connectivity index (χ2n) is 6.91. The predicted molar refractivity (Wildman–Crippen MR) is 109 cm³/mol. The molecule has 0 atom stereocenters. The number of carbonyl (C=O) groups excluding carboxylic acids is 1. The molecule has 2 aromatic carbocycles. The molecule has 1 N–H and O–H groups in total. The molecule has 0 unspecified atom stereocenters. The molecule has 8 nitrogen and oxygen atoms in total. The van der Waals surface area contributed by atoms with E-state index in [-0.39, 0.29) is 40.5 Å². The summed E-state index contributed by atoms with van der Waals surface area (Å²) in [6.45, 7) is 2.22. The zero-order valence-electron chi connectivity index (χ0n) is 15.7. The van der Waals surface area contributed by atoms with Crippen molar-refractivity contribution in [3.05, 3.63) is 63.2 Å². The molecule has 0 saturated carbocycles. The quantitative estimate of drug-likeness (QED) is 0.567. The molecule has 154 valence electrons. The third kappa shape index (κ3) is 4.75. The van der Waals surface area contributed by atoms with Crippen molar-refractivity contribution in [2.45, 2.75) is 24.7 Å². The molecule has 0 radical (unpaired) electrons. The number of non-ortho nitro benzene ring substituents is 1. The maximum atomic E-state index is 12.9. The van der Waals surface area contributed by atoms with E-state index in [0.29, 0.717) is 18.5 Å². The van der Waals surface area contributed by atoms with E-state index in [9.17, 15) is 23.3 Å². The number of sulfonamides is 1. The van der Waals surface area contributed by atoms with E-state index >= 15 is 0 Å². The van der Waals surface area contributed by atoms with E-state index in [2.05, 4.69) is 5.32 Å². The number of rotatable bonds is 5. The molecular weight excluding hydrogens is 418 g/mol. The fraction of sp³-hybridized carbons (Fsp3) is 0.316. The van der Waals surface area contributed by atoms with Crippen molar-refractivity contribution in [2.75, 3.05) is 18.4 Å². The van der Waals surface area contributed by atoms with Gasteiger partial charge in [0.1, 0.15) is 4.90 Å². The highest BCUT2D eigenvalue weighted by Crippen LogP contribution is 2.31. The number of aryl methyl sites for hydroxylation is 1. The van der Waals surface area contributed by atoms with Crippen LogP contribution in [0.1, 0.15) is 18.4 Å². The highest BCUT2D eigenvalue weighted by atomic mass is 35.5. The molecule has 2 aromatic rings. The Morgan fingerprint density at radius 2 is 1.79 bits per heavy atom. The van der Waals surface area contributed by atoms with Crippen LogP contribution in [0, 0.1) is 23.0 Å². The van der Waals surface area contributed by atoms with Crippen molar-refractivity contribution in [3.8, 4) is 0 Å². The number of nitro benzene ring substituents is 1. The van der Waals surface area contributed by atoms with Crippen LogP contribution in [0.25, 0.3) is 0 Å². The number of piperidine rings is 1. The first-order valence-electron chi connectivity index (χ1n) is 9.00. The number of halogens is 1. The lowest BCUT2D eigenvalue weighted by Gasteiger charge is -2.30. The Kier molecular flexibility index (Phi) is 6.21. The molecular formula is C19H20ClN3O5S. The van der Waals surface area contributed by atoms with Gasteiger partial charge in [-0.05, 0) is 38.0 Å². The van der Waals surface area contributed by atoms with Crippen molar-refractivity contribution in [3.63, 3.8) is 0 Å². The summed E-state index contributed by atoms with van der Waals surface area (Å²) in [5.74, 6) is -0.470. The van der Waals surface area contributed by atoms with Crippen LogP contribution in [0.3, 0.4) is 0 Å². The molecule has 10 heteroatoms. The fourth-order valence-electron chi connectivity index (χ4n) is 3.18. The van der Waals surface area contributed by atoms with Gasteiger partial charge in [-0.2, -0.15) is 4.31 Å². The number of benzene rings is 2. The maximum absolute atomic E-state index is 12.9. The van der Waals surface area contributed by atoms with Gasteiger partial charge in [-0.1, -0.05) is 29.3 Å². The van der Waals surface area contributed by atoms with Gasteiger partial charge in [0.2, 0.25) is 15.9 Å². The smallest absolute Gasteiger partial charge is 0.270 e. The number of nitro groups is 1. The second-order valence-corrected chi connectivity index (χ2v) is 9.22. The van der Waals surface area contributed by atoms with Gasteiger partial charge < -0.3 is 5.32 Å². The molecule has 1 saturated heterocycles. The molecule has 0 aromatic heterocycles. The third-order valence-corrected chi connectivity index (χ3v) is 7.27. The second kappa shape index (κ2) is 8.48. The van der Waals surface area contributed by atoms with Crippen LogP contribution in [0.5, 0.6) is 0 Å². The van der Waals surface area contributed by atoms with Crippen LogP contribution in [0.4, 0.5) is 11.4 Å². The van der Waals surface area contributed by atoms with E-state index in [1.54, 1.807) is 0 Å². The van der Waals surface area contributed by atoms with Crippen molar-refractivity contribution in [2.24, 2.45) is 5.92 Å². The zero-order valence-corrected chi connectivity index (χ0v) is 17.2. The average molecular weight is 438 g/mol. The molecule has 0 bridgehead atoms. The number of carbonyl (C=O) groups is 1. The summed E-state index contributed by atoms with van der Waals surface area (Å²) < 4.78 is 27.0. The van der Waals surface area contributed by atoms with Crippen LogP contribution < -0.4 is 5.32 Å². The minimum Gasteiger partial charge on any atom is -0.326 e. The number of hydrogen-bond acceptors (Lipinski definition) is 5. The molecule has 1 amide bonds. The molecule has 0 spiro atoms. The highest BCUT2D eigenvalue weighted by molar-refractivity contribution is 7.89. The molecule has 3 rings (SSSR count). The number of amides is 1. The normalized spacial score (nSPS) is 15.8. The first kappa shape index (κ1) is 21.2. The SMILES string of the molecule is Cc1ccc(NC(=O)C2CCN(S(=O)(=O)c3cc([N+](=O)[O-])ccc3Cl)CC2)cc1. The summed E-state index contributed by atoms with van der Waals surface area (Å²) >= 11 is 5.99. The van der Waals surface area contributed by atoms with Gasteiger partial charge in [-0.15, -0.1) is 0 Å². The number of nitrogens with zero attached hydrogens (tertiary/aromatic N) is 2. The van der Waals surface area contributed by atoms with Crippen molar-refractivity contribution >= 4 is 38.9 Å². The van der Waals surface area contributed by atoms with E-state index in [1.165, 1.54) is 10.4 Å². The topological polar surface area (TPSA) is 110 Å². The van der Waals surface area contributed by atoms with Crippen LogP contribution in [0.15, 0.2) is 47.4 Å². The molecule has 1 aliphatic heterocycles. The minimum atomic E-state index is -4.00. The van der Waals surface area contributed by atoms with E-state index in [1.807, 2.05) is 31.2 Å². The van der Waals surface area contributed by atoms with Crippen LogP contribution in [0.2, 0.25) is 5.02 Å². The van der Waals surface area contributed by atoms with Crippen molar-refractivity contribution < 1.29 is 18.1 Å². The summed E-state index contributed by atoms with van der Waals surface area (Å²) in [6.07, 6.45) is 0.701. The lowest BCUT2D eigenvalue weighted by atomic mass is 9.97. The van der Waals surface area contributed by atoms with Crippen molar-refractivity contribution in [1.29, 1.82) is 0 Å². The fourth-order valence-corrected chi connectivity index (χ4v) is 5.15. The van der Waals surface area contributed by atoms with Gasteiger partial charge in [0.25, 0.3) is 5.69 Å². The van der Waals surface area contributed by atoms with Crippen LogP contribution >= 0.6 is 11.6 Å². The lowest BCUT2D eigenvalue weighted by Crippen LogP contribution is -2.41. The summed E-state index contributed by atoms with van der Waals surface area (Å²) in [7, 11) is -4.00. The standard InChI is InChI=1S/C19H20ClN3O5S/c1-13-2-4-15(5-3-13)21-19(24)14-8-10-22(11-9-14)29(27,28)18-12-16(23(25)26)6-7-17(18)20/h2-7,12,14H,8-11H2,1H3,(H,21,24). The Morgan fingerprint density at radius 1 is 1.17 bits per heavy atom.